The fraction of sp³-hybridized carbons (Fsp3) is 0.714. The molecule has 1 N–H and O–H groups in total. The molecule has 2 heterocycles. The van der Waals surface area contributed by atoms with Gasteiger partial charge in [-0.3, -0.25) is 4.90 Å². The molecule has 2 nitrogen and oxygen atoms in total. The van der Waals surface area contributed by atoms with E-state index in [1.54, 1.807) is 4.88 Å². The smallest absolute Gasteiger partial charge is 0.0497 e. The van der Waals surface area contributed by atoms with E-state index >= 15 is 0 Å². The van der Waals surface area contributed by atoms with Crippen LogP contribution < -0.4 is 0 Å². The van der Waals surface area contributed by atoms with Crippen LogP contribution in [0.4, 0.5) is 0 Å². The van der Waals surface area contributed by atoms with Crippen LogP contribution in [0, 0.1) is 5.41 Å². The van der Waals surface area contributed by atoms with Crippen molar-refractivity contribution >= 4 is 11.3 Å². The van der Waals surface area contributed by atoms with Crippen molar-refractivity contribution in [3.8, 4) is 0 Å². The molecule has 0 spiro atoms. The van der Waals surface area contributed by atoms with Crippen LogP contribution in [0.1, 0.15) is 37.1 Å². The molecule has 0 aromatic carbocycles. The fourth-order valence-corrected chi connectivity index (χ4v) is 3.68. The van der Waals surface area contributed by atoms with Crippen molar-refractivity contribution in [2.45, 2.75) is 39.7 Å². The van der Waals surface area contributed by atoms with Crippen molar-refractivity contribution in [3.63, 3.8) is 0 Å². The summed E-state index contributed by atoms with van der Waals surface area (Å²) in [6.45, 7) is 7.94. The lowest BCUT2D eigenvalue weighted by Crippen LogP contribution is -2.40. The molecule has 1 aromatic heterocycles. The summed E-state index contributed by atoms with van der Waals surface area (Å²) in [5.41, 5.74) is 1.57. The van der Waals surface area contributed by atoms with Crippen molar-refractivity contribution in [2.24, 2.45) is 5.41 Å². The number of nitrogens with zero attached hydrogens (tertiary/aromatic N) is 1. The van der Waals surface area contributed by atoms with E-state index in [4.69, 9.17) is 0 Å². The maximum absolute atomic E-state index is 9.58. The lowest BCUT2D eigenvalue weighted by molar-refractivity contribution is 0.0743. The molecule has 1 unspecified atom stereocenters. The van der Waals surface area contributed by atoms with Gasteiger partial charge in [-0.25, -0.2) is 0 Å². The molecule has 1 atom stereocenters. The van der Waals surface area contributed by atoms with E-state index in [9.17, 15) is 5.11 Å². The predicted molar refractivity (Wildman–Crippen MR) is 73.4 cm³/mol. The maximum atomic E-state index is 9.58. The van der Waals surface area contributed by atoms with Gasteiger partial charge >= 0.3 is 0 Å². The predicted octanol–water partition coefficient (Wildman–Crippen LogP) is 2.90. The minimum Gasteiger partial charge on any atom is -0.396 e. The van der Waals surface area contributed by atoms with Gasteiger partial charge in [0.25, 0.3) is 0 Å². The Hall–Kier alpha value is -0.380. The number of aliphatic hydroxyl groups excluding tert-OH is 1. The summed E-state index contributed by atoms with van der Waals surface area (Å²) in [7, 11) is 0. The Labute approximate surface area is 108 Å². The lowest BCUT2D eigenvalue weighted by atomic mass is 9.85. The van der Waals surface area contributed by atoms with E-state index in [1.165, 1.54) is 12.0 Å². The average molecular weight is 253 g/mol. The molecule has 0 saturated carbocycles. The monoisotopic (exact) mass is 253 g/mol. The normalized spacial score (nSPS) is 19.9. The zero-order valence-corrected chi connectivity index (χ0v) is 11.7. The Morgan fingerprint density at radius 2 is 2.35 bits per heavy atom. The van der Waals surface area contributed by atoms with Crippen molar-refractivity contribution in [1.29, 1.82) is 0 Å². The van der Waals surface area contributed by atoms with Crippen LogP contribution in [0.2, 0.25) is 0 Å². The number of aliphatic hydroxyl groups is 1. The molecule has 1 aliphatic rings. The average Bonchev–Trinajstić information content (AvgIpc) is 2.76. The summed E-state index contributed by atoms with van der Waals surface area (Å²) in [6, 6.07) is 2.25. The van der Waals surface area contributed by atoms with Gasteiger partial charge in [-0.05, 0) is 29.9 Å². The molecule has 2 rings (SSSR count). The molecule has 0 bridgehead atoms. The first-order chi connectivity index (χ1) is 8.17. The van der Waals surface area contributed by atoms with Crippen LogP contribution in [0.15, 0.2) is 11.4 Å². The third-order valence-electron chi connectivity index (χ3n) is 3.73. The maximum Gasteiger partial charge on any atom is 0.0497 e. The molecule has 0 fully saturated rings. The molecule has 17 heavy (non-hydrogen) atoms. The minimum atomic E-state index is 0.0717. The van der Waals surface area contributed by atoms with Crippen LogP contribution in [0.25, 0.3) is 0 Å². The summed E-state index contributed by atoms with van der Waals surface area (Å²) in [6.07, 6.45) is 3.44. The van der Waals surface area contributed by atoms with Gasteiger partial charge < -0.3 is 5.11 Å². The fourth-order valence-electron chi connectivity index (χ4n) is 2.79. The number of hydrogen-bond acceptors (Lipinski definition) is 3. The molecule has 1 aliphatic heterocycles. The largest absolute Gasteiger partial charge is 0.396 e. The van der Waals surface area contributed by atoms with Gasteiger partial charge in [0.1, 0.15) is 0 Å². The van der Waals surface area contributed by atoms with Crippen molar-refractivity contribution < 1.29 is 5.11 Å². The lowest BCUT2D eigenvalue weighted by Gasteiger charge is -2.36. The first-order valence-corrected chi connectivity index (χ1v) is 7.43. The van der Waals surface area contributed by atoms with Gasteiger partial charge in [0, 0.05) is 36.5 Å². The zero-order chi connectivity index (χ0) is 12.3. The van der Waals surface area contributed by atoms with Crippen molar-refractivity contribution in [3.05, 3.63) is 21.9 Å². The Morgan fingerprint density at radius 3 is 3.06 bits per heavy atom. The molecule has 0 aliphatic carbocycles. The third kappa shape index (κ3) is 3.09. The minimum absolute atomic E-state index is 0.0717. The summed E-state index contributed by atoms with van der Waals surface area (Å²) in [4.78, 5) is 4.06. The van der Waals surface area contributed by atoms with Crippen molar-refractivity contribution in [2.75, 3.05) is 19.7 Å². The number of fused-ring (bicyclic) bond motifs is 1. The third-order valence-corrected chi connectivity index (χ3v) is 4.75. The van der Waals surface area contributed by atoms with Gasteiger partial charge in [0.2, 0.25) is 0 Å². The summed E-state index contributed by atoms with van der Waals surface area (Å²) < 4.78 is 0. The number of hydrogen-bond donors (Lipinski definition) is 1. The first-order valence-electron chi connectivity index (χ1n) is 6.55. The number of thiophene rings is 1. The zero-order valence-electron chi connectivity index (χ0n) is 10.9. The van der Waals surface area contributed by atoms with E-state index in [1.807, 2.05) is 11.3 Å². The highest BCUT2D eigenvalue weighted by Crippen LogP contribution is 2.29. The molecule has 0 radical (unpaired) electrons. The topological polar surface area (TPSA) is 23.5 Å². The van der Waals surface area contributed by atoms with Crippen LogP contribution in [0.3, 0.4) is 0 Å². The second kappa shape index (κ2) is 5.51. The SMILES string of the molecule is CCCC(C)(CO)CN1CCc2sccc2C1. The summed E-state index contributed by atoms with van der Waals surface area (Å²) in [5.74, 6) is 0. The molecule has 1 aromatic rings. The molecular weight excluding hydrogens is 230 g/mol. The molecule has 0 saturated heterocycles. The highest BCUT2D eigenvalue weighted by atomic mass is 32.1. The van der Waals surface area contributed by atoms with Crippen LogP contribution >= 0.6 is 11.3 Å². The Morgan fingerprint density at radius 1 is 1.53 bits per heavy atom. The van der Waals surface area contributed by atoms with Crippen molar-refractivity contribution in [1.82, 2.24) is 4.90 Å². The van der Waals surface area contributed by atoms with E-state index in [-0.39, 0.29) is 5.41 Å². The Kier molecular flexibility index (Phi) is 4.23. The van der Waals surface area contributed by atoms with E-state index < -0.39 is 0 Å². The van der Waals surface area contributed by atoms with Gasteiger partial charge in [-0.2, -0.15) is 0 Å². The standard InChI is InChI=1S/C14H23NOS/c1-3-6-14(2,11-16)10-15-7-4-13-12(9-15)5-8-17-13/h5,8,16H,3-4,6-7,9-11H2,1-2H3. The number of rotatable bonds is 5. The van der Waals surface area contributed by atoms with Gasteiger partial charge in [0.05, 0.1) is 0 Å². The van der Waals surface area contributed by atoms with Gasteiger partial charge in [-0.1, -0.05) is 20.3 Å². The van der Waals surface area contributed by atoms with Crippen LogP contribution in [0.5, 0.6) is 0 Å². The van der Waals surface area contributed by atoms with E-state index in [0.717, 1.165) is 32.5 Å². The Balaban J connectivity index is 1.97. The molecule has 3 heteroatoms. The Bertz CT molecular complexity index is 363. The van der Waals surface area contributed by atoms with Crippen LogP contribution in [-0.2, 0) is 13.0 Å². The van der Waals surface area contributed by atoms with E-state index in [2.05, 4.69) is 30.2 Å². The van der Waals surface area contributed by atoms with Gasteiger partial charge in [-0.15, -0.1) is 11.3 Å². The highest BCUT2D eigenvalue weighted by molar-refractivity contribution is 7.10. The molecule has 96 valence electrons. The molecule has 0 amide bonds. The second-order valence-electron chi connectivity index (χ2n) is 5.55. The molecular formula is C14H23NOS. The first kappa shape index (κ1) is 13.1. The second-order valence-corrected chi connectivity index (χ2v) is 6.55. The highest BCUT2D eigenvalue weighted by Gasteiger charge is 2.27. The summed E-state index contributed by atoms with van der Waals surface area (Å²) in [5, 5.41) is 11.8. The summed E-state index contributed by atoms with van der Waals surface area (Å²) >= 11 is 1.89. The van der Waals surface area contributed by atoms with Gasteiger partial charge in [0.15, 0.2) is 0 Å². The quantitative estimate of drug-likeness (QED) is 0.872. The van der Waals surface area contributed by atoms with E-state index in [0.29, 0.717) is 6.61 Å². The van der Waals surface area contributed by atoms with Crippen LogP contribution in [-0.4, -0.2) is 29.7 Å².